The van der Waals surface area contributed by atoms with Crippen LogP contribution in [0.15, 0.2) is 12.4 Å². The summed E-state index contributed by atoms with van der Waals surface area (Å²) in [4.78, 5) is 3.07. The zero-order valence-electron chi connectivity index (χ0n) is 6.15. The molecule has 0 saturated heterocycles. The number of aromatic nitrogens is 1. The minimum atomic E-state index is 1.33. The lowest BCUT2D eigenvalue weighted by molar-refractivity contribution is -0.379. The summed E-state index contributed by atoms with van der Waals surface area (Å²) < 4.78 is 0. The summed E-state index contributed by atoms with van der Waals surface area (Å²) in [6.45, 7) is 6.36. The van der Waals surface area contributed by atoms with E-state index in [9.17, 15) is 0 Å². The lowest BCUT2D eigenvalue weighted by Gasteiger charge is -1.95. The molecule has 0 spiro atoms. The molecule has 1 aromatic heterocycles. The van der Waals surface area contributed by atoms with Crippen LogP contribution in [0.2, 0.25) is 0 Å². The quantitative estimate of drug-likeness (QED) is 0.494. The van der Waals surface area contributed by atoms with Crippen molar-refractivity contribution in [3.63, 3.8) is 0 Å². The molecule has 0 aliphatic rings. The van der Waals surface area contributed by atoms with Gasteiger partial charge in [0.2, 0.25) is 0 Å². The van der Waals surface area contributed by atoms with Gasteiger partial charge in [0.1, 0.15) is 0 Å². The molecule has 1 heteroatoms. The first-order chi connectivity index (χ1) is 4.22. The Hall–Kier alpha value is -0.850. The van der Waals surface area contributed by atoms with Gasteiger partial charge in [-0.15, -0.1) is 0 Å². The minimum Gasteiger partial charge on any atom is -0.217 e. The standard InChI is InChI=1S/C8H11N/c1-6-4-9-5-7(2)8(6)3/h4-5H,1-3H3/p+1. The molecule has 0 aliphatic carbocycles. The molecule has 9 heavy (non-hydrogen) atoms. The van der Waals surface area contributed by atoms with Crippen LogP contribution < -0.4 is 4.98 Å². The SMILES string of the molecule is Cc1c[nH+]cc(C)c1C. The number of hydrogen-bond acceptors (Lipinski definition) is 0. The molecule has 1 heterocycles. The fourth-order valence-electron chi connectivity index (χ4n) is 0.819. The highest BCUT2D eigenvalue weighted by molar-refractivity contribution is 5.25. The number of aryl methyl sites for hydroxylation is 2. The predicted molar refractivity (Wildman–Crippen MR) is 37.2 cm³/mol. The first-order valence-corrected chi connectivity index (χ1v) is 3.15. The first kappa shape index (κ1) is 6.27. The molecule has 0 bridgehead atoms. The highest BCUT2D eigenvalue weighted by Crippen LogP contribution is 2.05. The summed E-state index contributed by atoms with van der Waals surface area (Å²) in [5.41, 5.74) is 4.04. The van der Waals surface area contributed by atoms with E-state index in [-0.39, 0.29) is 0 Å². The molecule has 1 rings (SSSR count). The second-order valence-corrected chi connectivity index (χ2v) is 2.45. The van der Waals surface area contributed by atoms with Gasteiger partial charge in [-0.25, -0.2) is 4.98 Å². The highest BCUT2D eigenvalue weighted by atomic mass is 14.6. The van der Waals surface area contributed by atoms with Gasteiger partial charge in [-0.1, -0.05) is 0 Å². The Bertz CT molecular complexity index is 196. The number of rotatable bonds is 0. The van der Waals surface area contributed by atoms with E-state index in [2.05, 4.69) is 25.8 Å². The molecule has 0 unspecified atom stereocenters. The van der Waals surface area contributed by atoms with E-state index in [1.807, 2.05) is 12.4 Å². The lowest BCUT2D eigenvalue weighted by atomic mass is 10.1. The summed E-state index contributed by atoms with van der Waals surface area (Å²) in [7, 11) is 0. The highest BCUT2D eigenvalue weighted by Gasteiger charge is 1.97. The Morgan fingerprint density at radius 1 is 1.00 bits per heavy atom. The molecule has 1 N–H and O–H groups in total. The van der Waals surface area contributed by atoms with Crippen molar-refractivity contribution < 1.29 is 4.98 Å². The summed E-state index contributed by atoms with van der Waals surface area (Å²) in [6.07, 6.45) is 4.03. The van der Waals surface area contributed by atoms with Gasteiger partial charge < -0.3 is 0 Å². The normalized spacial score (nSPS) is 9.67. The van der Waals surface area contributed by atoms with Crippen molar-refractivity contribution in [2.24, 2.45) is 0 Å². The summed E-state index contributed by atoms with van der Waals surface area (Å²) in [5, 5.41) is 0. The molecule has 1 nitrogen and oxygen atoms in total. The zero-order chi connectivity index (χ0) is 6.85. The maximum absolute atomic E-state index is 3.07. The van der Waals surface area contributed by atoms with Crippen molar-refractivity contribution >= 4 is 0 Å². The minimum absolute atomic E-state index is 1.33. The van der Waals surface area contributed by atoms with Crippen molar-refractivity contribution in [2.45, 2.75) is 20.8 Å². The van der Waals surface area contributed by atoms with Gasteiger partial charge in [0.25, 0.3) is 0 Å². The van der Waals surface area contributed by atoms with Crippen LogP contribution in [-0.4, -0.2) is 0 Å². The molecule has 0 aromatic carbocycles. The fourth-order valence-corrected chi connectivity index (χ4v) is 0.819. The maximum atomic E-state index is 3.07. The second-order valence-electron chi connectivity index (χ2n) is 2.45. The number of aromatic amines is 1. The van der Waals surface area contributed by atoms with E-state index < -0.39 is 0 Å². The number of H-pyrrole nitrogens is 1. The van der Waals surface area contributed by atoms with Crippen LogP contribution in [0.1, 0.15) is 16.7 Å². The predicted octanol–water partition coefficient (Wildman–Crippen LogP) is 1.43. The van der Waals surface area contributed by atoms with Crippen molar-refractivity contribution in [2.75, 3.05) is 0 Å². The van der Waals surface area contributed by atoms with Gasteiger partial charge in [0.15, 0.2) is 12.4 Å². The Kier molecular flexibility index (Phi) is 1.52. The molecule has 0 aliphatic heterocycles. The Labute approximate surface area is 55.7 Å². The molecule has 1 aromatic rings. The van der Waals surface area contributed by atoms with Crippen LogP contribution in [0.25, 0.3) is 0 Å². The third-order valence-corrected chi connectivity index (χ3v) is 1.78. The van der Waals surface area contributed by atoms with Crippen molar-refractivity contribution in [1.29, 1.82) is 0 Å². The Balaban J connectivity index is 3.25. The van der Waals surface area contributed by atoms with Crippen molar-refractivity contribution in [3.8, 4) is 0 Å². The fraction of sp³-hybridized carbons (Fsp3) is 0.375. The lowest BCUT2D eigenvalue weighted by Crippen LogP contribution is -2.03. The molecule has 0 amide bonds. The first-order valence-electron chi connectivity index (χ1n) is 3.15. The van der Waals surface area contributed by atoms with Gasteiger partial charge in [0.05, 0.1) is 0 Å². The molecular weight excluding hydrogens is 110 g/mol. The third kappa shape index (κ3) is 1.10. The smallest absolute Gasteiger partial charge is 0.170 e. The maximum Gasteiger partial charge on any atom is 0.170 e. The molecule has 0 atom stereocenters. The third-order valence-electron chi connectivity index (χ3n) is 1.78. The number of hydrogen-bond donors (Lipinski definition) is 0. The van der Waals surface area contributed by atoms with E-state index in [0.717, 1.165) is 0 Å². The zero-order valence-corrected chi connectivity index (χ0v) is 6.15. The number of pyridine rings is 1. The molecule has 48 valence electrons. The van der Waals surface area contributed by atoms with Crippen LogP contribution in [0.5, 0.6) is 0 Å². The topological polar surface area (TPSA) is 14.1 Å². The van der Waals surface area contributed by atoms with E-state index in [4.69, 9.17) is 0 Å². The van der Waals surface area contributed by atoms with Gasteiger partial charge in [-0.3, -0.25) is 0 Å². The van der Waals surface area contributed by atoms with E-state index >= 15 is 0 Å². The van der Waals surface area contributed by atoms with Gasteiger partial charge in [-0.05, 0) is 26.3 Å². The molecule has 0 saturated carbocycles. The monoisotopic (exact) mass is 122 g/mol. The van der Waals surface area contributed by atoms with Crippen LogP contribution in [-0.2, 0) is 0 Å². The largest absolute Gasteiger partial charge is 0.217 e. The van der Waals surface area contributed by atoms with E-state index in [0.29, 0.717) is 0 Å². The van der Waals surface area contributed by atoms with Crippen LogP contribution in [0, 0.1) is 20.8 Å². The van der Waals surface area contributed by atoms with Gasteiger partial charge in [-0.2, -0.15) is 0 Å². The van der Waals surface area contributed by atoms with Crippen molar-refractivity contribution in [1.82, 2.24) is 0 Å². The Morgan fingerprint density at radius 2 is 1.44 bits per heavy atom. The molecule has 0 fully saturated rings. The van der Waals surface area contributed by atoms with Crippen LogP contribution >= 0.6 is 0 Å². The van der Waals surface area contributed by atoms with E-state index in [1.165, 1.54) is 16.7 Å². The van der Waals surface area contributed by atoms with Crippen molar-refractivity contribution in [3.05, 3.63) is 29.1 Å². The second kappa shape index (κ2) is 2.18. The van der Waals surface area contributed by atoms with Crippen LogP contribution in [0.4, 0.5) is 0 Å². The Morgan fingerprint density at radius 3 is 1.78 bits per heavy atom. The number of nitrogens with one attached hydrogen (secondary N) is 1. The summed E-state index contributed by atoms with van der Waals surface area (Å²) in [5.74, 6) is 0. The summed E-state index contributed by atoms with van der Waals surface area (Å²) >= 11 is 0. The molecular formula is C8H12N+. The van der Waals surface area contributed by atoms with Gasteiger partial charge >= 0.3 is 0 Å². The van der Waals surface area contributed by atoms with E-state index in [1.54, 1.807) is 0 Å². The average molecular weight is 122 g/mol. The van der Waals surface area contributed by atoms with Gasteiger partial charge in [0, 0.05) is 11.1 Å². The summed E-state index contributed by atoms with van der Waals surface area (Å²) in [6, 6.07) is 0. The average Bonchev–Trinajstić information content (AvgIpc) is 1.83. The molecule has 0 radical (unpaired) electrons. The van der Waals surface area contributed by atoms with Crippen LogP contribution in [0.3, 0.4) is 0 Å².